The van der Waals surface area contributed by atoms with Crippen LogP contribution < -0.4 is 10.6 Å². The standard InChI is InChI=1S/C9H18N2OS/c1-7(6-13-2)3-11-9(12)8-4-10-5-8/h7-8,10H,3-6H2,1-2H3,(H,11,12). The number of amides is 1. The second-order valence-electron chi connectivity index (χ2n) is 3.66. The van der Waals surface area contributed by atoms with Gasteiger partial charge >= 0.3 is 0 Å². The van der Waals surface area contributed by atoms with Crippen LogP contribution in [0.4, 0.5) is 0 Å². The Hall–Kier alpha value is -0.220. The lowest BCUT2D eigenvalue weighted by molar-refractivity contribution is -0.126. The summed E-state index contributed by atoms with van der Waals surface area (Å²) in [4.78, 5) is 11.4. The summed E-state index contributed by atoms with van der Waals surface area (Å²) >= 11 is 1.83. The average Bonchev–Trinajstić information content (AvgIpc) is 1.98. The van der Waals surface area contributed by atoms with Gasteiger partial charge in [-0.15, -0.1) is 0 Å². The van der Waals surface area contributed by atoms with Crippen molar-refractivity contribution in [3.05, 3.63) is 0 Å². The van der Waals surface area contributed by atoms with Crippen LogP contribution in [0.3, 0.4) is 0 Å². The van der Waals surface area contributed by atoms with Crippen LogP contribution in [0.5, 0.6) is 0 Å². The Bertz CT molecular complexity index is 171. The molecule has 0 aromatic heterocycles. The summed E-state index contributed by atoms with van der Waals surface area (Å²) in [7, 11) is 0. The van der Waals surface area contributed by atoms with Gasteiger partial charge in [-0.1, -0.05) is 6.92 Å². The molecule has 1 aliphatic heterocycles. The lowest BCUT2D eigenvalue weighted by atomic mass is 10.0. The predicted octanol–water partition coefficient (Wildman–Crippen LogP) is 0.321. The maximum Gasteiger partial charge on any atom is 0.225 e. The molecule has 1 atom stereocenters. The first-order valence-electron chi connectivity index (χ1n) is 4.71. The zero-order valence-electron chi connectivity index (χ0n) is 8.30. The van der Waals surface area contributed by atoms with Crippen molar-refractivity contribution in [3.63, 3.8) is 0 Å². The third-order valence-electron chi connectivity index (χ3n) is 2.23. The number of hydrogen-bond acceptors (Lipinski definition) is 3. The van der Waals surface area contributed by atoms with Crippen LogP contribution in [-0.4, -0.2) is 37.6 Å². The van der Waals surface area contributed by atoms with Gasteiger partial charge in [0, 0.05) is 19.6 Å². The van der Waals surface area contributed by atoms with Crippen molar-refractivity contribution >= 4 is 17.7 Å². The fraction of sp³-hybridized carbons (Fsp3) is 0.889. The summed E-state index contributed by atoms with van der Waals surface area (Å²) in [5, 5.41) is 6.07. The van der Waals surface area contributed by atoms with E-state index in [0.717, 1.165) is 25.4 Å². The Morgan fingerprint density at radius 2 is 2.38 bits per heavy atom. The van der Waals surface area contributed by atoms with Crippen molar-refractivity contribution < 1.29 is 4.79 Å². The molecule has 0 spiro atoms. The minimum Gasteiger partial charge on any atom is -0.355 e. The maximum absolute atomic E-state index is 11.4. The molecule has 1 saturated heterocycles. The molecule has 2 N–H and O–H groups in total. The van der Waals surface area contributed by atoms with Gasteiger partial charge in [-0.05, 0) is 17.9 Å². The van der Waals surface area contributed by atoms with Crippen molar-refractivity contribution in [3.8, 4) is 0 Å². The molecule has 0 saturated carbocycles. The zero-order chi connectivity index (χ0) is 9.68. The van der Waals surface area contributed by atoms with Crippen LogP contribution in [0, 0.1) is 11.8 Å². The van der Waals surface area contributed by atoms with Gasteiger partial charge in [0.1, 0.15) is 0 Å². The normalized spacial score (nSPS) is 19.2. The molecule has 0 aromatic rings. The molecular weight excluding hydrogens is 184 g/mol. The summed E-state index contributed by atoms with van der Waals surface area (Å²) < 4.78 is 0. The average molecular weight is 202 g/mol. The Morgan fingerprint density at radius 3 is 2.85 bits per heavy atom. The van der Waals surface area contributed by atoms with E-state index in [0.29, 0.717) is 5.92 Å². The van der Waals surface area contributed by atoms with Gasteiger partial charge < -0.3 is 10.6 Å². The molecule has 76 valence electrons. The van der Waals surface area contributed by atoms with Crippen LogP contribution in [0.1, 0.15) is 6.92 Å². The molecule has 1 fully saturated rings. The van der Waals surface area contributed by atoms with E-state index in [1.165, 1.54) is 0 Å². The third-order valence-corrected chi connectivity index (χ3v) is 3.13. The van der Waals surface area contributed by atoms with Crippen LogP contribution in [-0.2, 0) is 4.79 Å². The molecule has 1 heterocycles. The van der Waals surface area contributed by atoms with Gasteiger partial charge in [0.2, 0.25) is 5.91 Å². The molecule has 13 heavy (non-hydrogen) atoms. The van der Waals surface area contributed by atoms with Crippen LogP contribution >= 0.6 is 11.8 Å². The second-order valence-corrected chi connectivity index (χ2v) is 4.57. The Labute approximate surface area is 84.0 Å². The lowest BCUT2D eigenvalue weighted by Gasteiger charge is -2.26. The first-order chi connectivity index (χ1) is 6.24. The van der Waals surface area contributed by atoms with Crippen molar-refractivity contribution in [2.24, 2.45) is 11.8 Å². The van der Waals surface area contributed by atoms with E-state index >= 15 is 0 Å². The van der Waals surface area contributed by atoms with E-state index < -0.39 is 0 Å². The molecule has 0 aliphatic carbocycles. The number of carbonyl (C=O) groups is 1. The summed E-state index contributed by atoms with van der Waals surface area (Å²) in [6.07, 6.45) is 2.09. The topological polar surface area (TPSA) is 41.1 Å². The number of nitrogens with one attached hydrogen (secondary N) is 2. The monoisotopic (exact) mass is 202 g/mol. The first-order valence-corrected chi connectivity index (χ1v) is 6.10. The molecule has 1 rings (SSSR count). The Balaban J connectivity index is 2.06. The summed E-state index contributed by atoms with van der Waals surface area (Å²) in [5.41, 5.74) is 0. The summed E-state index contributed by atoms with van der Waals surface area (Å²) in [6.45, 7) is 4.68. The van der Waals surface area contributed by atoms with Gasteiger partial charge in [0.15, 0.2) is 0 Å². The third kappa shape index (κ3) is 3.56. The van der Waals surface area contributed by atoms with Crippen LogP contribution in [0.15, 0.2) is 0 Å². The molecule has 4 heteroatoms. The summed E-state index contributed by atoms with van der Waals surface area (Å²) in [5.74, 6) is 2.13. The van der Waals surface area contributed by atoms with Gasteiger partial charge in [-0.3, -0.25) is 4.79 Å². The SMILES string of the molecule is CSCC(C)CNC(=O)C1CNC1. The van der Waals surface area contributed by atoms with E-state index in [9.17, 15) is 4.79 Å². The maximum atomic E-state index is 11.4. The highest BCUT2D eigenvalue weighted by molar-refractivity contribution is 7.98. The van der Waals surface area contributed by atoms with Gasteiger partial charge in [0.25, 0.3) is 0 Å². The molecule has 3 nitrogen and oxygen atoms in total. The van der Waals surface area contributed by atoms with Gasteiger partial charge in [0.05, 0.1) is 5.92 Å². The first kappa shape index (κ1) is 10.9. The quantitative estimate of drug-likeness (QED) is 0.674. The summed E-state index contributed by atoms with van der Waals surface area (Å²) in [6, 6.07) is 0. The Morgan fingerprint density at radius 1 is 1.69 bits per heavy atom. The lowest BCUT2D eigenvalue weighted by Crippen LogP contribution is -2.51. The van der Waals surface area contributed by atoms with E-state index in [1.54, 1.807) is 0 Å². The molecule has 0 radical (unpaired) electrons. The molecule has 0 aromatic carbocycles. The minimum atomic E-state index is 0.215. The highest BCUT2D eigenvalue weighted by Crippen LogP contribution is 2.05. The molecule has 1 unspecified atom stereocenters. The molecule has 1 amide bonds. The van der Waals surface area contributed by atoms with Crippen LogP contribution in [0.25, 0.3) is 0 Å². The van der Waals surface area contributed by atoms with Crippen molar-refractivity contribution in [1.82, 2.24) is 10.6 Å². The largest absolute Gasteiger partial charge is 0.355 e. The zero-order valence-corrected chi connectivity index (χ0v) is 9.12. The number of carbonyl (C=O) groups excluding carboxylic acids is 1. The van der Waals surface area contributed by atoms with E-state index in [2.05, 4.69) is 23.8 Å². The minimum absolute atomic E-state index is 0.215. The number of thioether (sulfide) groups is 1. The number of rotatable bonds is 5. The number of hydrogen-bond donors (Lipinski definition) is 2. The predicted molar refractivity (Wildman–Crippen MR) is 56.9 cm³/mol. The smallest absolute Gasteiger partial charge is 0.225 e. The fourth-order valence-corrected chi connectivity index (χ4v) is 1.92. The van der Waals surface area contributed by atoms with Crippen molar-refractivity contribution in [2.45, 2.75) is 6.92 Å². The van der Waals surface area contributed by atoms with Crippen LogP contribution in [0.2, 0.25) is 0 Å². The van der Waals surface area contributed by atoms with E-state index in [1.807, 2.05) is 11.8 Å². The Kier molecular flexibility index (Phi) is 4.59. The van der Waals surface area contributed by atoms with E-state index in [-0.39, 0.29) is 11.8 Å². The fourth-order valence-electron chi connectivity index (χ4n) is 1.24. The van der Waals surface area contributed by atoms with Crippen molar-refractivity contribution in [2.75, 3.05) is 31.6 Å². The highest BCUT2D eigenvalue weighted by Gasteiger charge is 2.24. The second kappa shape index (κ2) is 5.50. The van der Waals surface area contributed by atoms with Gasteiger partial charge in [-0.25, -0.2) is 0 Å². The molecular formula is C9H18N2OS. The highest BCUT2D eigenvalue weighted by atomic mass is 32.2. The molecule has 1 aliphatic rings. The molecule has 0 bridgehead atoms. The van der Waals surface area contributed by atoms with Gasteiger partial charge in [-0.2, -0.15) is 11.8 Å². The van der Waals surface area contributed by atoms with Crippen molar-refractivity contribution in [1.29, 1.82) is 0 Å². The van der Waals surface area contributed by atoms with E-state index in [4.69, 9.17) is 0 Å².